The predicted molar refractivity (Wildman–Crippen MR) is 66.2 cm³/mol. The zero-order chi connectivity index (χ0) is 14.3. The molecule has 1 aromatic heterocycles. The highest BCUT2D eigenvalue weighted by atomic mass is 79.9. The van der Waals surface area contributed by atoms with E-state index < -0.39 is 37.9 Å². The van der Waals surface area contributed by atoms with E-state index in [1.54, 1.807) is 0 Å². The molecule has 0 saturated heterocycles. The summed E-state index contributed by atoms with van der Waals surface area (Å²) < 4.78 is -0.181. The first kappa shape index (κ1) is 12.9. The number of hydrogen-bond donors (Lipinski definition) is 2. The molecule has 11 heteroatoms. The lowest BCUT2D eigenvalue weighted by Gasteiger charge is -2.02. The Bertz CT molecular complexity index is 837. The van der Waals surface area contributed by atoms with Crippen molar-refractivity contribution in [3.05, 3.63) is 51.5 Å². The van der Waals surface area contributed by atoms with Gasteiger partial charge < -0.3 is 9.97 Å². The molecule has 0 fully saturated rings. The molecule has 0 radical (unpaired) electrons. The highest BCUT2D eigenvalue weighted by Gasteiger charge is 2.32. The lowest BCUT2D eigenvalue weighted by molar-refractivity contribution is -0.421. The lowest BCUT2D eigenvalue weighted by atomic mass is 10.2. The second-order valence-electron chi connectivity index (χ2n) is 3.40. The van der Waals surface area contributed by atoms with Gasteiger partial charge in [0.25, 0.3) is 0 Å². The van der Waals surface area contributed by atoms with E-state index >= 15 is 0 Å². The molecule has 10 nitrogen and oxygen atoms in total. The van der Waals surface area contributed by atoms with E-state index in [1.807, 2.05) is 4.98 Å². The van der Waals surface area contributed by atoms with Gasteiger partial charge in [0.2, 0.25) is 0 Å². The van der Waals surface area contributed by atoms with Crippen molar-refractivity contribution in [2.45, 2.75) is 0 Å². The van der Waals surface area contributed by atoms with Gasteiger partial charge in [0, 0.05) is 0 Å². The third-order valence-electron chi connectivity index (χ3n) is 2.29. The molecule has 0 saturated carbocycles. The van der Waals surface area contributed by atoms with Crippen LogP contribution in [-0.4, -0.2) is 19.8 Å². The van der Waals surface area contributed by atoms with Crippen LogP contribution in [0, 0.1) is 20.2 Å². The number of benzene rings is 1. The molecule has 98 valence electrons. The molecule has 0 aliphatic rings. The molecule has 1 aromatic carbocycles. The van der Waals surface area contributed by atoms with Crippen molar-refractivity contribution in [1.82, 2.24) is 9.97 Å². The van der Waals surface area contributed by atoms with Crippen LogP contribution in [0.3, 0.4) is 0 Å². The van der Waals surface area contributed by atoms with E-state index in [0.717, 1.165) is 6.07 Å². The van der Waals surface area contributed by atoms with Crippen LogP contribution in [0.25, 0.3) is 11.0 Å². The Labute approximate surface area is 110 Å². The van der Waals surface area contributed by atoms with Gasteiger partial charge in [-0.05, 0) is 22.0 Å². The number of nitrogens with one attached hydrogen (secondary N) is 2. The van der Waals surface area contributed by atoms with Crippen molar-refractivity contribution >= 4 is 38.3 Å². The number of nitro groups is 2. The van der Waals surface area contributed by atoms with Crippen LogP contribution < -0.4 is 11.1 Å². The quantitative estimate of drug-likeness (QED) is 0.471. The number of fused-ring (bicyclic) bond motifs is 1. The number of nitrogens with zero attached hydrogens (tertiary/aromatic N) is 2. The molecule has 2 aromatic rings. The summed E-state index contributed by atoms with van der Waals surface area (Å²) in [5.41, 5.74) is -4.35. The van der Waals surface area contributed by atoms with E-state index in [1.165, 1.54) is 0 Å². The standard InChI is InChI=1S/C8H3BrN4O6/c9-2-1-3-4(11-8(15)7(14)10-3)6(13(18)19)5(2)12(16)17/h1H,(H,10,14)(H,11,15). The number of halogens is 1. The van der Waals surface area contributed by atoms with Gasteiger partial charge >= 0.3 is 22.5 Å². The molecule has 0 aliphatic heterocycles. The zero-order valence-corrected chi connectivity index (χ0v) is 10.4. The fourth-order valence-corrected chi connectivity index (χ4v) is 2.11. The Morgan fingerprint density at radius 2 is 1.53 bits per heavy atom. The van der Waals surface area contributed by atoms with Crippen LogP contribution in [-0.2, 0) is 0 Å². The van der Waals surface area contributed by atoms with E-state index in [9.17, 15) is 29.8 Å². The van der Waals surface area contributed by atoms with E-state index in [-0.39, 0.29) is 9.99 Å². The molecule has 0 amide bonds. The first-order valence-corrected chi connectivity index (χ1v) is 5.40. The minimum absolute atomic E-state index is 0.0891. The molecule has 19 heavy (non-hydrogen) atoms. The largest absolute Gasteiger partial charge is 0.372 e. The fourth-order valence-electron chi connectivity index (χ4n) is 1.55. The van der Waals surface area contributed by atoms with Crippen LogP contribution >= 0.6 is 15.9 Å². The van der Waals surface area contributed by atoms with Crippen LogP contribution in [0.15, 0.2) is 20.1 Å². The van der Waals surface area contributed by atoms with Gasteiger partial charge in [0.1, 0.15) is 4.47 Å². The first-order chi connectivity index (χ1) is 8.82. The summed E-state index contributed by atoms with van der Waals surface area (Å²) in [6, 6.07) is 1.11. The topological polar surface area (TPSA) is 152 Å². The maximum atomic E-state index is 11.2. The molecule has 2 N–H and O–H groups in total. The van der Waals surface area contributed by atoms with E-state index in [2.05, 4.69) is 20.9 Å². The van der Waals surface area contributed by atoms with Crippen LogP contribution in [0.1, 0.15) is 0 Å². The zero-order valence-electron chi connectivity index (χ0n) is 8.80. The molecule has 1 heterocycles. The lowest BCUT2D eigenvalue weighted by Crippen LogP contribution is -2.29. The SMILES string of the molecule is O=c1[nH]c2cc(Br)c([N+](=O)[O-])c([N+](=O)[O-])c2[nH]c1=O. The van der Waals surface area contributed by atoms with Crippen molar-refractivity contribution in [2.75, 3.05) is 0 Å². The van der Waals surface area contributed by atoms with Crippen LogP contribution in [0.2, 0.25) is 0 Å². The summed E-state index contributed by atoms with van der Waals surface area (Å²) in [5.74, 6) is 0. The summed E-state index contributed by atoms with van der Waals surface area (Å²) in [5, 5.41) is 21.8. The van der Waals surface area contributed by atoms with Crippen LogP contribution in [0.4, 0.5) is 11.4 Å². The Kier molecular flexibility index (Phi) is 2.90. The van der Waals surface area contributed by atoms with Crippen molar-refractivity contribution in [2.24, 2.45) is 0 Å². The van der Waals surface area contributed by atoms with Gasteiger partial charge in [0.05, 0.1) is 15.4 Å². The minimum atomic E-state index is -1.13. The van der Waals surface area contributed by atoms with Gasteiger partial charge in [-0.1, -0.05) is 0 Å². The summed E-state index contributed by atoms with van der Waals surface area (Å²) >= 11 is 2.82. The molecule has 0 unspecified atom stereocenters. The van der Waals surface area contributed by atoms with Gasteiger partial charge in [-0.25, -0.2) is 0 Å². The number of aromatic amines is 2. The van der Waals surface area contributed by atoms with E-state index in [4.69, 9.17) is 0 Å². The van der Waals surface area contributed by atoms with Crippen molar-refractivity contribution in [3.63, 3.8) is 0 Å². The van der Waals surface area contributed by atoms with Gasteiger partial charge in [0.15, 0.2) is 5.52 Å². The van der Waals surface area contributed by atoms with Crippen molar-refractivity contribution in [1.29, 1.82) is 0 Å². The highest BCUT2D eigenvalue weighted by Crippen LogP contribution is 2.38. The molecular weight excluding hydrogens is 328 g/mol. The second-order valence-corrected chi connectivity index (χ2v) is 4.25. The van der Waals surface area contributed by atoms with Crippen molar-refractivity contribution in [3.8, 4) is 0 Å². The Hall–Kier alpha value is -2.56. The summed E-state index contributed by atoms with van der Waals surface area (Å²) in [6.07, 6.45) is 0. The fraction of sp³-hybridized carbons (Fsp3) is 0. The number of nitro benzene ring substituents is 2. The normalized spacial score (nSPS) is 10.6. The highest BCUT2D eigenvalue weighted by molar-refractivity contribution is 9.10. The smallest absolute Gasteiger partial charge is 0.316 e. The molecule has 2 rings (SSSR count). The molecule has 0 atom stereocenters. The third-order valence-corrected chi connectivity index (χ3v) is 2.89. The van der Waals surface area contributed by atoms with E-state index in [0.29, 0.717) is 0 Å². The summed E-state index contributed by atoms with van der Waals surface area (Å²) in [7, 11) is 0. The monoisotopic (exact) mass is 330 g/mol. The Morgan fingerprint density at radius 1 is 1.00 bits per heavy atom. The Balaban J connectivity index is 3.12. The molecule has 0 spiro atoms. The summed E-state index contributed by atoms with van der Waals surface area (Å²) in [4.78, 5) is 46.2. The maximum absolute atomic E-state index is 11.2. The molecule has 0 bridgehead atoms. The predicted octanol–water partition coefficient (Wildman–Crippen LogP) is 0.795. The maximum Gasteiger partial charge on any atom is 0.372 e. The number of H-pyrrole nitrogens is 2. The average molecular weight is 331 g/mol. The first-order valence-electron chi connectivity index (χ1n) is 4.60. The molecular formula is C8H3BrN4O6. The van der Waals surface area contributed by atoms with Gasteiger partial charge in [-0.15, -0.1) is 0 Å². The van der Waals surface area contributed by atoms with Gasteiger partial charge in [-0.3, -0.25) is 29.8 Å². The molecule has 0 aliphatic carbocycles. The number of hydrogen-bond acceptors (Lipinski definition) is 6. The van der Waals surface area contributed by atoms with Gasteiger partial charge in [-0.2, -0.15) is 0 Å². The second kappa shape index (κ2) is 4.28. The third kappa shape index (κ3) is 1.99. The number of rotatable bonds is 2. The average Bonchev–Trinajstić information content (AvgIpc) is 2.29. The van der Waals surface area contributed by atoms with Crippen LogP contribution in [0.5, 0.6) is 0 Å². The minimum Gasteiger partial charge on any atom is -0.316 e. The summed E-state index contributed by atoms with van der Waals surface area (Å²) in [6.45, 7) is 0. The number of aromatic nitrogens is 2. The Morgan fingerprint density at radius 3 is 2.05 bits per heavy atom. The van der Waals surface area contributed by atoms with Crippen molar-refractivity contribution < 1.29 is 9.85 Å².